The molecule has 0 spiro atoms. The molecule has 0 aromatic rings. The monoisotopic (exact) mass is 260 g/mol. The maximum Gasteiger partial charge on any atom is 0.543 e. The molecule has 0 heterocycles. The zero-order chi connectivity index (χ0) is 14.3. The Morgan fingerprint density at radius 2 is 1.78 bits per heavy atom. The highest BCUT2D eigenvalue weighted by Crippen LogP contribution is 2.29. The lowest BCUT2D eigenvalue weighted by Crippen LogP contribution is -2.22. The van der Waals surface area contributed by atoms with Crippen LogP contribution in [0.5, 0.6) is 0 Å². The number of ether oxygens (including phenoxy) is 1. The summed E-state index contributed by atoms with van der Waals surface area (Å²) in [6.07, 6.45) is -0.735. The molecule has 0 aliphatic carbocycles. The molecule has 0 amide bonds. The zero-order valence-corrected chi connectivity index (χ0v) is 11.4. The fraction of sp³-hybridized carbons (Fsp3) is 0.667. The van der Waals surface area contributed by atoms with Crippen LogP contribution in [0.15, 0.2) is 12.2 Å². The number of carbonyl (C=O) groups excluding carboxylic acids is 2. The van der Waals surface area contributed by atoms with Gasteiger partial charge in [-0.25, -0.2) is 14.5 Å². The van der Waals surface area contributed by atoms with Crippen molar-refractivity contribution < 1.29 is 29.1 Å². The minimum Gasteiger partial charge on any atom is -0.430 e. The van der Waals surface area contributed by atoms with E-state index in [1.54, 1.807) is 13.8 Å². The molecular weight excluding hydrogens is 240 g/mol. The summed E-state index contributed by atoms with van der Waals surface area (Å²) in [7, 11) is 0. The van der Waals surface area contributed by atoms with E-state index in [2.05, 4.69) is 26.1 Å². The predicted molar refractivity (Wildman–Crippen MR) is 63.1 cm³/mol. The van der Waals surface area contributed by atoms with Crippen molar-refractivity contribution in [3.63, 3.8) is 0 Å². The first-order valence-corrected chi connectivity index (χ1v) is 5.66. The first kappa shape index (κ1) is 16.4. The second-order valence-corrected chi connectivity index (χ2v) is 4.65. The van der Waals surface area contributed by atoms with E-state index in [0.717, 1.165) is 0 Å². The Hall–Kier alpha value is -1.56. The van der Waals surface area contributed by atoms with Crippen LogP contribution in [-0.4, -0.2) is 18.2 Å². The maximum atomic E-state index is 11.5. The third-order valence-corrected chi connectivity index (χ3v) is 2.49. The first-order chi connectivity index (χ1) is 8.20. The Balaban J connectivity index is 4.05. The quantitative estimate of drug-likeness (QED) is 0.316. The van der Waals surface area contributed by atoms with Gasteiger partial charge in [-0.05, 0) is 25.7 Å². The topological polar surface area (TPSA) is 71.1 Å². The van der Waals surface area contributed by atoms with Crippen molar-refractivity contribution in [1.82, 2.24) is 0 Å². The molecule has 0 saturated heterocycles. The normalized spacial score (nSPS) is 11.0. The molecule has 0 radical (unpaired) electrons. The van der Waals surface area contributed by atoms with Crippen LogP contribution in [0.3, 0.4) is 0 Å². The van der Waals surface area contributed by atoms with Gasteiger partial charge in [0.15, 0.2) is 0 Å². The van der Waals surface area contributed by atoms with E-state index in [1.807, 2.05) is 20.8 Å². The average molecular weight is 260 g/mol. The van der Waals surface area contributed by atoms with Crippen LogP contribution in [0.2, 0.25) is 0 Å². The van der Waals surface area contributed by atoms with Crippen molar-refractivity contribution in [2.45, 2.75) is 47.1 Å². The third-order valence-electron chi connectivity index (χ3n) is 2.49. The molecule has 0 aliphatic rings. The predicted octanol–water partition coefficient (Wildman–Crippen LogP) is 2.93. The molecule has 6 nitrogen and oxygen atoms in total. The molecule has 104 valence electrons. The number of carbonyl (C=O) groups is 2. The Morgan fingerprint density at radius 3 is 2.22 bits per heavy atom. The van der Waals surface area contributed by atoms with Crippen LogP contribution < -0.4 is 0 Å². The summed E-state index contributed by atoms with van der Waals surface area (Å²) >= 11 is 0. The molecule has 0 unspecified atom stereocenters. The number of hydrogen-bond donors (Lipinski definition) is 0. The molecule has 0 aromatic carbocycles. The second kappa shape index (κ2) is 7.00. The highest BCUT2D eigenvalue weighted by Gasteiger charge is 2.27. The van der Waals surface area contributed by atoms with Gasteiger partial charge in [0, 0.05) is 5.57 Å². The van der Waals surface area contributed by atoms with E-state index in [0.29, 0.717) is 6.42 Å². The largest absolute Gasteiger partial charge is 0.543 e. The van der Waals surface area contributed by atoms with E-state index < -0.39 is 17.5 Å². The molecular formula is C12H20O6. The van der Waals surface area contributed by atoms with Crippen LogP contribution in [0, 0.1) is 5.41 Å². The van der Waals surface area contributed by atoms with Crippen LogP contribution in [0.1, 0.15) is 41.0 Å². The smallest absolute Gasteiger partial charge is 0.430 e. The van der Waals surface area contributed by atoms with E-state index >= 15 is 0 Å². The highest BCUT2D eigenvalue weighted by molar-refractivity contribution is 5.88. The van der Waals surface area contributed by atoms with Crippen molar-refractivity contribution in [3.8, 4) is 0 Å². The molecule has 0 aromatic heterocycles. The SMILES string of the molecule is C=C(C(=O)OOOC(=O)OC(C)C)C(C)(C)CC. The highest BCUT2D eigenvalue weighted by atomic mass is 17.5. The van der Waals surface area contributed by atoms with Crippen molar-refractivity contribution in [2.24, 2.45) is 5.41 Å². The molecule has 0 rings (SSSR count). The fourth-order valence-corrected chi connectivity index (χ4v) is 0.828. The van der Waals surface area contributed by atoms with Crippen molar-refractivity contribution in [1.29, 1.82) is 0 Å². The van der Waals surface area contributed by atoms with Gasteiger partial charge in [-0.15, -0.1) is 0 Å². The molecule has 0 N–H and O–H groups in total. The van der Waals surface area contributed by atoms with Crippen LogP contribution in [-0.2, 0) is 24.3 Å². The molecule has 0 fully saturated rings. The fourth-order valence-electron chi connectivity index (χ4n) is 0.828. The van der Waals surface area contributed by atoms with Crippen molar-refractivity contribution in [3.05, 3.63) is 12.2 Å². The van der Waals surface area contributed by atoms with Gasteiger partial charge in [-0.2, -0.15) is 0 Å². The van der Waals surface area contributed by atoms with Gasteiger partial charge >= 0.3 is 12.1 Å². The summed E-state index contributed by atoms with van der Waals surface area (Å²) < 4.78 is 4.58. The average Bonchev–Trinajstić information content (AvgIpc) is 2.26. The number of hydrogen-bond acceptors (Lipinski definition) is 6. The van der Waals surface area contributed by atoms with Gasteiger partial charge in [-0.3, -0.25) is 4.89 Å². The standard InChI is InChI=1S/C12H20O6/c1-7-12(5,6)9(4)10(13)16-18-17-11(14)15-8(2)3/h8H,4,7H2,1-3,5-6H3. The minimum atomic E-state index is -1.09. The Morgan fingerprint density at radius 1 is 1.22 bits per heavy atom. The van der Waals surface area contributed by atoms with E-state index in [1.165, 1.54) is 0 Å². The lowest BCUT2D eigenvalue weighted by molar-refractivity contribution is -0.458. The first-order valence-electron chi connectivity index (χ1n) is 5.66. The van der Waals surface area contributed by atoms with E-state index in [9.17, 15) is 9.59 Å². The maximum absolute atomic E-state index is 11.5. The summed E-state index contributed by atoms with van der Waals surface area (Å²) in [5.74, 6) is -0.792. The summed E-state index contributed by atoms with van der Waals surface area (Å²) in [5.41, 5.74) is -0.190. The molecule has 18 heavy (non-hydrogen) atoms. The Labute approximate surface area is 107 Å². The van der Waals surface area contributed by atoms with Crippen LogP contribution in [0.25, 0.3) is 0 Å². The van der Waals surface area contributed by atoms with E-state index in [-0.39, 0.29) is 11.7 Å². The summed E-state index contributed by atoms with van der Waals surface area (Å²) in [6, 6.07) is 0. The lowest BCUT2D eigenvalue weighted by atomic mass is 9.83. The molecule has 0 bridgehead atoms. The van der Waals surface area contributed by atoms with Gasteiger partial charge < -0.3 is 4.74 Å². The van der Waals surface area contributed by atoms with Gasteiger partial charge in [-0.1, -0.05) is 27.4 Å². The molecule has 0 aliphatic heterocycles. The van der Waals surface area contributed by atoms with Gasteiger partial charge in [0.25, 0.3) is 0 Å². The van der Waals surface area contributed by atoms with Gasteiger partial charge in [0.2, 0.25) is 0 Å². The molecule has 6 heteroatoms. The molecule has 0 saturated carbocycles. The van der Waals surface area contributed by atoms with Crippen molar-refractivity contribution in [2.75, 3.05) is 0 Å². The Bertz CT molecular complexity index is 319. The van der Waals surface area contributed by atoms with Crippen molar-refractivity contribution >= 4 is 12.1 Å². The lowest BCUT2D eigenvalue weighted by Gasteiger charge is -2.22. The summed E-state index contributed by atoms with van der Waals surface area (Å²) in [4.78, 5) is 30.7. The number of rotatable bonds is 6. The summed E-state index contributed by atoms with van der Waals surface area (Å²) in [6.45, 7) is 12.5. The summed E-state index contributed by atoms with van der Waals surface area (Å²) in [5, 5.41) is 4.03. The van der Waals surface area contributed by atoms with Gasteiger partial charge in [0.1, 0.15) is 0 Å². The van der Waals surface area contributed by atoms with Crippen LogP contribution in [0.4, 0.5) is 4.79 Å². The van der Waals surface area contributed by atoms with Gasteiger partial charge in [0.05, 0.1) is 11.1 Å². The molecule has 0 atom stereocenters. The zero-order valence-electron chi connectivity index (χ0n) is 11.4. The third kappa shape index (κ3) is 5.67. The Kier molecular flexibility index (Phi) is 6.40. The minimum absolute atomic E-state index is 0.228. The second-order valence-electron chi connectivity index (χ2n) is 4.65. The van der Waals surface area contributed by atoms with Crippen LogP contribution >= 0.6 is 0 Å². The van der Waals surface area contributed by atoms with E-state index in [4.69, 9.17) is 0 Å².